The van der Waals surface area contributed by atoms with Crippen LogP contribution in [-0.2, 0) is 17.1 Å². The van der Waals surface area contributed by atoms with Gasteiger partial charge in [-0.15, -0.1) is 13.2 Å². The second kappa shape index (κ2) is 9.13. The van der Waals surface area contributed by atoms with Crippen LogP contribution in [0.4, 0.5) is 13.2 Å². The monoisotopic (exact) mass is 524 g/mol. The van der Waals surface area contributed by atoms with Crippen LogP contribution < -0.4 is 14.7 Å². The van der Waals surface area contributed by atoms with Gasteiger partial charge in [-0.2, -0.15) is 19.8 Å². The molecular weight excluding hydrogens is 509 g/mol. The molecule has 1 aliphatic rings. The Hall–Kier alpha value is -3.74. The maximum absolute atomic E-state index is 12.8. The molecule has 1 aliphatic heterocycles. The molecule has 0 saturated heterocycles. The Kier molecular flexibility index (Phi) is 6.36. The summed E-state index contributed by atoms with van der Waals surface area (Å²) in [7, 11) is -2.55. The Labute approximate surface area is 201 Å². The zero-order valence-electron chi connectivity index (χ0n) is 17.7. The van der Waals surface area contributed by atoms with Crippen molar-refractivity contribution in [2.45, 2.75) is 16.6 Å². The van der Waals surface area contributed by atoms with E-state index in [1.54, 1.807) is 19.2 Å². The summed E-state index contributed by atoms with van der Waals surface area (Å²) in [6.45, 7) is 0. The van der Waals surface area contributed by atoms with Crippen molar-refractivity contribution < 1.29 is 31.2 Å². The molecule has 2 aromatic carbocycles. The van der Waals surface area contributed by atoms with E-state index in [9.17, 15) is 26.9 Å². The van der Waals surface area contributed by atoms with E-state index in [-0.39, 0.29) is 27.6 Å². The highest BCUT2D eigenvalue weighted by molar-refractivity contribution is 7.98. The summed E-state index contributed by atoms with van der Waals surface area (Å²) in [6.07, 6.45) is -3.48. The largest absolute Gasteiger partial charge is 0.573 e. The maximum atomic E-state index is 12.8. The molecule has 0 radical (unpaired) electrons. The number of alkyl halides is 3. The maximum Gasteiger partial charge on any atom is 0.573 e. The van der Waals surface area contributed by atoms with Crippen molar-refractivity contribution >= 4 is 27.8 Å². The third kappa shape index (κ3) is 5.19. The van der Waals surface area contributed by atoms with Gasteiger partial charge in [0.2, 0.25) is 15.9 Å². The number of hydroxylamine groups is 2. The van der Waals surface area contributed by atoms with Crippen LogP contribution in [0.1, 0.15) is 10.9 Å². The van der Waals surface area contributed by atoms with Gasteiger partial charge in [0, 0.05) is 36.3 Å². The number of rotatable bonds is 6. The fourth-order valence-corrected chi connectivity index (χ4v) is 5.03. The highest BCUT2D eigenvalue weighted by atomic mass is 32.2. The first-order chi connectivity index (χ1) is 16.5. The molecule has 3 aromatic rings. The number of sulfonamides is 1. The average molecular weight is 525 g/mol. The SMILES string of the molecule is Cn1nccc1-c1cc(OC(F)(F)F)ccc1ON1C(C#N)=NSC1c1ccccc1S(N)(=O)=O. The smallest absolute Gasteiger partial charge is 0.406 e. The standard InChI is InChI=1S/C20H15F3N6O4S2/c1-28-15(8-9-26-28)14-10-12(32-20(21,22)23)6-7-16(14)33-29-18(11-24)27-34-19(29)13-4-2-3-5-17(13)35(25,30)31/h2-10,19H,1H3,(H2,25,30,31). The predicted octanol–water partition coefficient (Wildman–Crippen LogP) is 3.51. The number of nitrogens with two attached hydrogens (primary N) is 1. The highest BCUT2D eigenvalue weighted by Gasteiger charge is 2.37. The van der Waals surface area contributed by atoms with Gasteiger partial charge in [0.1, 0.15) is 11.8 Å². The van der Waals surface area contributed by atoms with Gasteiger partial charge in [0.15, 0.2) is 11.1 Å². The first kappa shape index (κ1) is 24.4. The van der Waals surface area contributed by atoms with Crippen molar-refractivity contribution in [3.05, 3.63) is 60.3 Å². The lowest BCUT2D eigenvalue weighted by Gasteiger charge is -2.26. The first-order valence-electron chi connectivity index (χ1n) is 9.59. The van der Waals surface area contributed by atoms with Gasteiger partial charge in [-0.3, -0.25) is 4.68 Å². The van der Waals surface area contributed by atoms with Gasteiger partial charge >= 0.3 is 6.36 Å². The number of primary sulfonamides is 1. The van der Waals surface area contributed by atoms with Crippen molar-refractivity contribution in [3.8, 4) is 28.8 Å². The summed E-state index contributed by atoms with van der Waals surface area (Å²) in [4.78, 5) is 5.76. The predicted molar refractivity (Wildman–Crippen MR) is 119 cm³/mol. The highest BCUT2D eigenvalue weighted by Crippen LogP contribution is 2.43. The van der Waals surface area contributed by atoms with E-state index in [1.807, 2.05) is 6.07 Å². The van der Waals surface area contributed by atoms with Crippen LogP contribution in [0.3, 0.4) is 0 Å². The molecule has 2 heterocycles. The molecule has 10 nitrogen and oxygen atoms in total. The molecule has 0 spiro atoms. The Bertz CT molecular complexity index is 1450. The number of aryl methyl sites for hydroxylation is 1. The van der Waals surface area contributed by atoms with Crippen LogP contribution in [0.5, 0.6) is 11.5 Å². The zero-order valence-corrected chi connectivity index (χ0v) is 19.3. The molecule has 0 saturated carbocycles. The second-order valence-corrected chi connectivity index (χ2v) is 9.40. The van der Waals surface area contributed by atoms with E-state index in [4.69, 9.17) is 9.98 Å². The van der Waals surface area contributed by atoms with Crippen LogP contribution in [0, 0.1) is 11.3 Å². The van der Waals surface area contributed by atoms with Crippen LogP contribution in [-0.4, -0.2) is 35.5 Å². The van der Waals surface area contributed by atoms with Gasteiger partial charge in [0.05, 0.1) is 10.6 Å². The molecule has 0 amide bonds. The molecule has 2 N–H and O–H groups in total. The number of nitriles is 1. The molecule has 35 heavy (non-hydrogen) atoms. The lowest BCUT2D eigenvalue weighted by molar-refractivity contribution is -0.274. The minimum absolute atomic E-state index is 0.0339. The summed E-state index contributed by atoms with van der Waals surface area (Å²) >= 11 is 0.859. The van der Waals surface area contributed by atoms with Crippen molar-refractivity contribution in [1.29, 1.82) is 5.26 Å². The number of aromatic nitrogens is 2. The molecular formula is C20H15F3N6O4S2. The Morgan fingerprint density at radius 2 is 1.94 bits per heavy atom. The van der Waals surface area contributed by atoms with Crippen LogP contribution in [0.25, 0.3) is 11.3 Å². The molecule has 1 atom stereocenters. The second-order valence-electron chi connectivity index (χ2n) is 7.03. The third-order valence-corrected chi connectivity index (χ3v) is 6.64. The molecule has 1 unspecified atom stereocenters. The van der Waals surface area contributed by atoms with Gasteiger partial charge in [-0.25, -0.2) is 13.6 Å². The number of hydrogen-bond acceptors (Lipinski definition) is 9. The van der Waals surface area contributed by atoms with E-state index < -0.39 is 27.5 Å². The van der Waals surface area contributed by atoms with Gasteiger partial charge < -0.3 is 9.57 Å². The minimum Gasteiger partial charge on any atom is -0.406 e. The van der Waals surface area contributed by atoms with Crippen LogP contribution >= 0.6 is 11.9 Å². The summed E-state index contributed by atoms with van der Waals surface area (Å²) in [5.74, 6) is -0.662. The summed E-state index contributed by atoms with van der Waals surface area (Å²) in [6, 6.07) is 12.6. The van der Waals surface area contributed by atoms with Crippen LogP contribution in [0.15, 0.2) is 64.0 Å². The number of halogens is 3. The summed E-state index contributed by atoms with van der Waals surface area (Å²) in [5.41, 5.74) is 0.754. The normalized spacial score (nSPS) is 16.1. The lowest BCUT2D eigenvalue weighted by atomic mass is 10.1. The fourth-order valence-electron chi connectivity index (χ4n) is 3.31. The van der Waals surface area contributed by atoms with Gasteiger partial charge in [-0.05, 0) is 30.3 Å². The molecule has 0 bridgehead atoms. The average Bonchev–Trinajstić information content (AvgIpc) is 3.39. The van der Waals surface area contributed by atoms with E-state index in [1.165, 1.54) is 35.1 Å². The Balaban J connectivity index is 1.79. The number of hydrogen-bond donors (Lipinski definition) is 1. The molecule has 15 heteroatoms. The molecule has 4 rings (SSSR count). The Morgan fingerprint density at radius 3 is 2.57 bits per heavy atom. The van der Waals surface area contributed by atoms with Crippen molar-refractivity contribution in [1.82, 2.24) is 14.8 Å². The van der Waals surface area contributed by atoms with Gasteiger partial charge in [0.25, 0.3) is 0 Å². The summed E-state index contributed by atoms with van der Waals surface area (Å²) in [5, 5.41) is 19.1. The molecule has 0 fully saturated rings. The first-order valence-corrected chi connectivity index (χ1v) is 12.0. The Morgan fingerprint density at radius 1 is 1.20 bits per heavy atom. The fraction of sp³-hybridized carbons (Fsp3) is 0.150. The zero-order chi connectivity index (χ0) is 25.4. The third-order valence-electron chi connectivity index (χ3n) is 4.73. The van der Waals surface area contributed by atoms with E-state index in [0.29, 0.717) is 5.69 Å². The van der Waals surface area contributed by atoms with E-state index in [2.05, 4.69) is 14.2 Å². The van der Waals surface area contributed by atoms with Crippen molar-refractivity contribution in [3.63, 3.8) is 0 Å². The van der Waals surface area contributed by atoms with Crippen molar-refractivity contribution in [2.24, 2.45) is 16.6 Å². The summed E-state index contributed by atoms with van der Waals surface area (Å²) < 4.78 is 72.1. The van der Waals surface area contributed by atoms with Crippen molar-refractivity contribution in [2.75, 3.05) is 0 Å². The molecule has 182 valence electrons. The minimum atomic E-state index is -4.92. The topological polar surface area (TPSA) is 136 Å². The number of amidine groups is 1. The van der Waals surface area contributed by atoms with E-state index >= 15 is 0 Å². The van der Waals surface area contributed by atoms with Gasteiger partial charge in [-0.1, -0.05) is 18.2 Å². The molecule has 0 aliphatic carbocycles. The van der Waals surface area contributed by atoms with Crippen LogP contribution in [0.2, 0.25) is 0 Å². The number of ether oxygens (including phenoxy) is 1. The molecule has 1 aromatic heterocycles. The van der Waals surface area contributed by atoms with E-state index in [0.717, 1.165) is 29.1 Å². The number of nitrogens with zero attached hydrogens (tertiary/aromatic N) is 5. The lowest BCUT2D eigenvalue weighted by Crippen LogP contribution is -2.33. The number of benzene rings is 2. The quantitative estimate of drug-likeness (QED) is 0.484.